The van der Waals surface area contributed by atoms with Gasteiger partial charge in [0, 0.05) is 62.6 Å². The van der Waals surface area contributed by atoms with Gasteiger partial charge in [0.15, 0.2) is 0 Å². The fraction of sp³-hybridized carbons (Fsp3) is 0.415. The molecule has 22 heteroatoms. The van der Waals surface area contributed by atoms with Crippen LogP contribution in [-0.4, -0.2) is 140 Å². The number of rotatable bonds is 17. The van der Waals surface area contributed by atoms with E-state index >= 15 is 0 Å². The van der Waals surface area contributed by atoms with Crippen LogP contribution in [-0.2, 0) is 46.3 Å². The van der Waals surface area contributed by atoms with Gasteiger partial charge in [0.2, 0.25) is 35.8 Å². The van der Waals surface area contributed by atoms with Gasteiger partial charge in [-0.3, -0.25) is 34.2 Å². The molecule has 3 heterocycles. The molecule has 2 aliphatic rings. The second kappa shape index (κ2) is 20.6. The molecule has 3 aromatic rings. The molecular formula is C41H52N10O12. The summed E-state index contributed by atoms with van der Waals surface area (Å²) >= 11 is 0. The Hall–Kier alpha value is -7.20. The van der Waals surface area contributed by atoms with Gasteiger partial charge in [0.05, 0.1) is 12.1 Å². The topological polar surface area (TPSA) is 327 Å². The van der Waals surface area contributed by atoms with Crippen molar-refractivity contribution in [1.29, 1.82) is 0 Å². The summed E-state index contributed by atoms with van der Waals surface area (Å²) in [6.07, 6.45) is -0.0496. The number of phenolic OH excluding ortho intramolecular Hbond substituents is 1. The number of urea groups is 2. The molecule has 0 bridgehead atoms. The Morgan fingerprint density at radius 3 is 2.37 bits per heavy atom. The fourth-order valence-electron chi connectivity index (χ4n) is 6.97. The van der Waals surface area contributed by atoms with Crippen molar-refractivity contribution in [2.45, 2.75) is 95.0 Å². The number of aromatic hydroxyl groups is 1. The lowest BCUT2D eigenvalue weighted by Crippen LogP contribution is -2.62. The average molecular weight is 877 g/mol. The normalized spacial score (nSPS) is 19.7. The number of aliphatic hydroxyl groups is 1. The molecule has 9 amide bonds. The first kappa shape index (κ1) is 46.9. The van der Waals surface area contributed by atoms with E-state index in [0.29, 0.717) is 11.1 Å². The number of carboxylic acids is 1. The van der Waals surface area contributed by atoms with Gasteiger partial charge < -0.3 is 62.3 Å². The number of ether oxygens (including phenoxy) is 1. The van der Waals surface area contributed by atoms with Crippen LogP contribution in [0.2, 0.25) is 0 Å². The molecule has 338 valence electrons. The summed E-state index contributed by atoms with van der Waals surface area (Å²) in [5, 5.41) is 45.9. The number of hydrogen-bond acceptors (Lipinski definition) is 12. The molecule has 0 saturated carbocycles. The van der Waals surface area contributed by atoms with Gasteiger partial charge >= 0.3 is 18.0 Å². The standard InChI is InChI=1S/C41H52N10O12/c1-20(42)34(55)46-29(15-23-8-7-9-25(52)14-23)37(58)50(4)22(3)33(36(57)44-19-26-17-31(53)38(63-26)51-13-12-32(54)48-41(51)62)49-35(56)21(2)45-40(61)47-30(39(59)60)16-24-18-43-28-11-6-5-10-27(24)28/h5-11,14,18-22,29-31,33,38,43,52-53H,12-13,15-17,42H2,1-4H3,(H,44,57)(H,46,55)(H,49,56)(H,59,60)(H2,45,47,61)(H,48,54,62)/b26-19+/t20-,21-,22-,29-,30-,31+,33-,38+/m0/s1. The second-order valence-corrected chi connectivity index (χ2v) is 15.4. The highest BCUT2D eigenvalue weighted by Crippen LogP contribution is 2.27. The molecule has 0 radical (unpaired) electrons. The number of carbonyl (C=O) groups excluding carboxylic acids is 7. The zero-order valence-corrected chi connectivity index (χ0v) is 34.9. The van der Waals surface area contributed by atoms with E-state index < -0.39 is 96.2 Å². The van der Waals surface area contributed by atoms with E-state index in [1.54, 1.807) is 30.5 Å². The number of aliphatic carboxylic acids is 1. The minimum atomic E-state index is -1.59. The van der Waals surface area contributed by atoms with Crippen LogP contribution in [0.5, 0.6) is 5.75 Å². The highest BCUT2D eigenvalue weighted by atomic mass is 16.5. The third-order valence-corrected chi connectivity index (χ3v) is 10.6. The Bertz CT molecular complexity index is 2260. The van der Waals surface area contributed by atoms with Crippen LogP contribution in [0.3, 0.4) is 0 Å². The predicted molar refractivity (Wildman–Crippen MR) is 223 cm³/mol. The summed E-state index contributed by atoms with van der Waals surface area (Å²) < 4.78 is 5.75. The number of nitrogens with zero attached hydrogens (tertiary/aromatic N) is 2. The van der Waals surface area contributed by atoms with Crippen LogP contribution < -0.4 is 37.6 Å². The number of carboxylic acid groups (broad SMARTS) is 1. The summed E-state index contributed by atoms with van der Waals surface area (Å²) in [4.78, 5) is 109. The molecule has 5 rings (SSSR count). The number of carbonyl (C=O) groups is 8. The van der Waals surface area contributed by atoms with Gasteiger partial charge in [-0.1, -0.05) is 30.3 Å². The lowest BCUT2D eigenvalue weighted by atomic mass is 10.0. The predicted octanol–water partition coefficient (Wildman–Crippen LogP) is -1.03. The van der Waals surface area contributed by atoms with Crippen LogP contribution >= 0.6 is 0 Å². The Labute approximate surface area is 360 Å². The summed E-state index contributed by atoms with van der Waals surface area (Å²) in [6, 6.07) is 3.62. The molecule has 0 unspecified atom stereocenters. The van der Waals surface area contributed by atoms with Crippen LogP contribution in [0.4, 0.5) is 9.59 Å². The Morgan fingerprint density at radius 1 is 0.952 bits per heavy atom. The van der Waals surface area contributed by atoms with E-state index in [9.17, 15) is 53.7 Å². The second-order valence-electron chi connectivity index (χ2n) is 15.4. The number of para-hydroxylation sites is 1. The van der Waals surface area contributed by atoms with E-state index in [-0.39, 0.29) is 43.7 Å². The van der Waals surface area contributed by atoms with Crippen molar-refractivity contribution >= 4 is 58.5 Å². The quantitative estimate of drug-likeness (QED) is 0.0774. The van der Waals surface area contributed by atoms with Crippen molar-refractivity contribution < 1.29 is 58.4 Å². The summed E-state index contributed by atoms with van der Waals surface area (Å²) in [7, 11) is 1.33. The van der Waals surface area contributed by atoms with Crippen LogP contribution in [0.15, 0.2) is 66.7 Å². The van der Waals surface area contributed by atoms with E-state index in [0.717, 1.165) is 26.9 Å². The van der Waals surface area contributed by atoms with E-state index in [1.807, 2.05) is 12.1 Å². The summed E-state index contributed by atoms with van der Waals surface area (Å²) in [5.74, 6) is -5.09. The number of hydrogen-bond donors (Lipinski definition) is 11. The average Bonchev–Trinajstić information content (AvgIpc) is 3.82. The Kier molecular flexibility index (Phi) is 15.3. The van der Waals surface area contributed by atoms with Crippen molar-refractivity contribution in [2.75, 3.05) is 13.6 Å². The van der Waals surface area contributed by atoms with Crippen molar-refractivity contribution in [3.8, 4) is 5.75 Å². The molecule has 2 aromatic carbocycles. The van der Waals surface area contributed by atoms with Crippen molar-refractivity contribution in [2.24, 2.45) is 5.73 Å². The van der Waals surface area contributed by atoms with E-state index in [2.05, 4.69) is 36.9 Å². The number of aliphatic hydroxyl groups excluding tert-OH is 1. The molecule has 2 saturated heterocycles. The van der Waals surface area contributed by atoms with Gasteiger partial charge in [0.1, 0.15) is 41.8 Å². The number of nitrogens with two attached hydrogens (primary N) is 1. The number of H-pyrrole nitrogens is 1. The zero-order chi connectivity index (χ0) is 46.1. The molecular weight excluding hydrogens is 825 g/mol. The third kappa shape index (κ3) is 12.0. The van der Waals surface area contributed by atoms with Gasteiger partial charge in [-0.2, -0.15) is 0 Å². The van der Waals surface area contributed by atoms with E-state index in [4.69, 9.17) is 10.5 Å². The molecule has 8 atom stereocenters. The molecule has 2 fully saturated rings. The Balaban J connectivity index is 1.33. The number of likely N-dealkylation sites (N-methyl/N-ethyl adjacent to an activating group) is 1. The van der Waals surface area contributed by atoms with E-state index in [1.165, 1.54) is 40.0 Å². The van der Waals surface area contributed by atoms with Crippen LogP contribution in [0, 0.1) is 0 Å². The number of nitrogens with one attached hydrogen (secondary N) is 7. The maximum atomic E-state index is 14.1. The van der Waals surface area contributed by atoms with Gasteiger partial charge in [-0.05, 0) is 50.1 Å². The molecule has 63 heavy (non-hydrogen) atoms. The minimum Gasteiger partial charge on any atom is -0.508 e. The van der Waals surface area contributed by atoms with Gasteiger partial charge in [-0.15, -0.1) is 0 Å². The van der Waals surface area contributed by atoms with Crippen molar-refractivity contribution in [1.82, 2.24) is 46.7 Å². The summed E-state index contributed by atoms with van der Waals surface area (Å²) in [5.41, 5.74) is 7.66. The Morgan fingerprint density at radius 2 is 1.68 bits per heavy atom. The largest absolute Gasteiger partial charge is 0.508 e. The SMILES string of the molecule is C[C@H](N)C(=O)N[C@@H](Cc1cccc(O)c1)C(=O)N(C)[C@@H](C)[C@H](NC(=O)[C@H](C)NC(=O)N[C@@H](Cc1c[nH]c2ccccc12)C(=O)O)C(=O)N/C=C1\C[C@@H](O)[C@H](N2CCC(=O)NC2=O)O1. The number of aromatic amines is 1. The lowest BCUT2D eigenvalue weighted by molar-refractivity contribution is -0.140. The number of phenols is 1. The molecule has 12 N–H and O–H groups in total. The first-order valence-corrected chi connectivity index (χ1v) is 20.0. The lowest BCUT2D eigenvalue weighted by Gasteiger charge is -2.34. The number of amides is 9. The molecule has 22 nitrogen and oxygen atoms in total. The minimum absolute atomic E-state index is 0.0245. The number of benzene rings is 2. The first-order valence-electron chi connectivity index (χ1n) is 20.0. The first-order chi connectivity index (χ1) is 29.8. The van der Waals surface area contributed by atoms with Crippen LogP contribution in [0.1, 0.15) is 44.7 Å². The van der Waals surface area contributed by atoms with Gasteiger partial charge in [-0.25, -0.2) is 14.4 Å². The maximum absolute atomic E-state index is 14.1. The molecule has 0 spiro atoms. The highest BCUT2D eigenvalue weighted by molar-refractivity contribution is 5.97. The highest BCUT2D eigenvalue weighted by Gasteiger charge is 2.41. The van der Waals surface area contributed by atoms with Crippen molar-refractivity contribution in [3.05, 3.63) is 77.8 Å². The zero-order valence-electron chi connectivity index (χ0n) is 34.9. The number of imide groups is 1. The molecule has 0 aliphatic carbocycles. The smallest absolute Gasteiger partial charge is 0.327 e. The fourth-order valence-corrected chi connectivity index (χ4v) is 6.97. The molecule has 2 aliphatic heterocycles. The van der Waals surface area contributed by atoms with Gasteiger partial charge in [0.25, 0.3) is 0 Å². The van der Waals surface area contributed by atoms with Crippen molar-refractivity contribution in [3.63, 3.8) is 0 Å². The monoisotopic (exact) mass is 876 g/mol. The number of fused-ring (bicyclic) bond motifs is 1. The maximum Gasteiger partial charge on any atom is 0.327 e. The third-order valence-electron chi connectivity index (χ3n) is 10.6. The van der Waals surface area contributed by atoms with Crippen LogP contribution in [0.25, 0.3) is 10.9 Å². The molecule has 1 aromatic heterocycles. The number of aromatic nitrogens is 1. The summed E-state index contributed by atoms with van der Waals surface area (Å²) in [6.45, 7) is 4.11.